The maximum Gasteiger partial charge on any atom is 0.191 e. The summed E-state index contributed by atoms with van der Waals surface area (Å²) in [5, 5.41) is 6.55. The van der Waals surface area contributed by atoms with Gasteiger partial charge in [0.15, 0.2) is 5.96 Å². The molecule has 2 heterocycles. The summed E-state index contributed by atoms with van der Waals surface area (Å²) in [6, 6.07) is 0. The van der Waals surface area contributed by atoms with Gasteiger partial charge < -0.3 is 15.5 Å². The average Bonchev–Trinajstić information content (AvgIpc) is 2.76. The van der Waals surface area contributed by atoms with Crippen molar-refractivity contribution in [1.82, 2.24) is 15.5 Å². The van der Waals surface area contributed by atoms with Gasteiger partial charge in [-0.15, -0.1) is 0 Å². The molecule has 0 atom stereocenters. The molecule has 0 unspecified atom stereocenters. The minimum atomic E-state index is 0.517. The number of aliphatic imine (C=N–C) groups is 1. The molecule has 0 spiro atoms. The maximum atomic E-state index is 4.30. The molecule has 0 aliphatic carbocycles. The second-order valence-electron chi connectivity index (χ2n) is 5.27. The van der Waals surface area contributed by atoms with Gasteiger partial charge in [0.25, 0.3) is 0 Å². The van der Waals surface area contributed by atoms with E-state index in [-0.39, 0.29) is 0 Å². The van der Waals surface area contributed by atoms with Crippen LogP contribution in [0.4, 0.5) is 0 Å². The van der Waals surface area contributed by atoms with E-state index >= 15 is 0 Å². The van der Waals surface area contributed by atoms with Crippen LogP contribution in [0, 0.1) is 5.41 Å². The Balaban J connectivity index is 1.62. The number of hydrogen-bond acceptors (Lipinski definition) is 4. The van der Waals surface area contributed by atoms with Crippen LogP contribution in [0.5, 0.6) is 0 Å². The Bertz CT molecular complexity index is 247. The van der Waals surface area contributed by atoms with Crippen LogP contribution in [0.2, 0.25) is 0 Å². The van der Waals surface area contributed by atoms with Crippen molar-refractivity contribution < 1.29 is 0 Å². The summed E-state index contributed by atoms with van der Waals surface area (Å²) in [5.41, 5.74) is 0.517. The average molecular weight is 210 g/mol. The van der Waals surface area contributed by atoms with Gasteiger partial charge in [0.1, 0.15) is 0 Å². The minimum absolute atomic E-state index is 0.517. The lowest BCUT2D eigenvalue weighted by Crippen LogP contribution is -2.39. The predicted octanol–water partition coefficient (Wildman–Crippen LogP) is 0.267. The molecule has 2 aliphatic rings. The Morgan fingerprint density at radius 2 is 2.40 bits per heavy atom. The molecule has 86 valence electrons. The van der Waals surface area contributed by atoms with Crippen LogP contribution in [-0.4, -0.2) is 50.1 Å². The summed E-state index contributed by atoms with van der Waals surface area (Å²) in [6.07, 6.45) is 1.33. The predicted molar refractivity (Wildman–Crippen MR) is 63.1 cm³/mol. The quantitative estimate of drug-likeness (QED) is 0.702. The molecule has 15 heavy (non-hydrogen) atoms. The number of nitrogens with zero attached hydrogens (tertiary/aromatic N) is 2. The summed E-state index contributed by atoms with van der Waals surface area (Å²) in [6.45, 7) is 11.2. The molecule has 4 heteroatoms. The topological polar surface area (TPSA) is 39.7 Å². The zero-order chi connectivity index (χ0) is 10.7. The molecule has 2 rings (SSSR count). The number of guanidine groups is 1. The van der Waals surface area contributed by atoms with Crippen molar-refractivity contribution in [2.45, 2.75) is 20.3 Å². The number of rotatable bonds is 3. The molecule has 4 nitrogen and oxygen atoms in total. The van der Waals surface area contributed by atoms with Crippen molar-refractivity contribution in [1.29, 1.82) is 0 Å². The summed E-state index contributed by atoms with van der Waals surface area (Å²) in [4.78, 5) is 6.83. The van der Waals surface area contributed by atoms with E-state index in [4.69, 9.17) is 0 Å². The molecule has 0 saturated carbocycles. The first-order chi connectivity index (χ1) is 7.16. The van der Waals surface area contributed by atoms with Gasteiger partial charge in [-0.2, -0.15) is 0 Å². The third-order valence-electron chi connectivity index (χ3n) is 3.15. The Morgan fingerprint density at radius 1 is 1.53 bits per heavy atom. The van der Waals surface area contributed by atoms with Crippen molar-refractivity contribution in [3.05, 3.63) is 0 Å². The van der Waals surface area contributed by atoms with Crippen LogP contribution in [0.15, 0.2) is 4.99 Å². The van der Waals surface area contributed by atoms with E-state index in [0.717, 1.165) is 32.1 Å². The molecule has 2 aliphatic heterocycles. The van der Waals surface area contributed by atoms with Gasteiger partial charge in [-0.3, -0.25) is 4.99 Å². The van der Waals surface area contributed by atoms with Crippen LogP contribution in [0.3, 0.4) is 0 Å². The standard InChI is InChI=1S/C11H22N4/c1-11(2)3-7-15(9-11)8-6-14-10-12-4-5-13-10/h3-9H2,1-2H3,(H2,12,13,14). The molecule has 0 radical (unpaired) electrons. The number of nitrogens with one attached hydrogen (secondary N) is 2. The lowest BCUT2D eigenvalue weighted by molar-refractivity contribution is 0.294. The van der Waals surface area contributed by atoms with Crippen LogP contribution in [0.1, 0.15) is 20.3 Å². The first-order valence-electron chi connectivity index (χ1n) is 5.90. The number of likely N-dealkylation sites (tertiary alicyclic amines) is 1. The fraction of sp³-hybridized carbons (Fsp3) is 0.909. The van der Waals surface area contributed by atoms with E-state index in [0.29, 0.717) is 5.41 Å². The third kappa shape index (κ3) is 3.09. The largest absolute Gasteiger partial charge is 0.355 e. The number of hydrogen-bond donors (Lipinski definition) is 2. The normalized spacial score (nSPS) is 25.1. The molecule has 0 bridgehead atoms. The van der Waals surface area contributed by atoms with Crippen LogP contribution < -0.4 is 10.6 Å². The summed E-state index contributed by atoms with van der Waals surface area (Å²) >= 11 is 0. The molecule has 0 aromatic heterocycles. The summed E-state index contributed by atoms with van der Waals surface area (Å²) in [7, 11) is 0. The smallest absolute Gasteiger partial charge is 0.191 e. The van der Waals surface area contributed by atoms with Gasteiger partial charge in [-0.25, -0.2) is 0 Å². The first-order valence-corrected chi connectivity index (χ1v) is 5.90. The molecule has 0 amide bonds. The van der Waals surface area contributed by atoms with Gasteiger partial charge in [0, 0.05) is 26.2 Å². The van der Waals surface area contributed by atoms with E-state index in [1.165, 1.54) is 19.5 Å². The van der Waals surface area contributed by atoms with Gasteiger partial charge in [-0.1, -0.05) is 13.8 Å². The highest BCUT2D eigenvalue weighted by Gasteiger charge is 2.28. The second-order valence-corrected chi connectivity index (χ2v) is 5.27. The zero-order valence-corrected chi connectivity index (χ0v) is 9.84. The lowest BCUT2D eigenvalue weighted by Gasteiger charge is -2.19. The van der Waals surface area contributed by atoms with Crippen molar-refractivity contribution in [3.8, 4) is 0 Å². The molecule has 1 saturated heterocycles. The molecular formula is C11H22N4. The molecule has 1 fully saturated rings. The van der Waals surface area contributed by atoms with Crippen molar-refractivity contribution in [2.75, 3.05) is 39.3 Å². The fourth-order valence-corrected chi connectivity index (χ4v) is 2.26. The van der Waals surface area contributed by atoms with E-state index < -0.39 is 0 Å². The zero-order valence-electron chi connectivity index (χ0n) is 9.84. The minimum Gasteiger partial charge on any atom is -0.355 e. The van der Waals surface area contributed by atoms with Crippen molar-refractivity contribution in [3.63, 3.8) is 0 Å². The van der Waals surface area contributed by atoms with E-state index in [9.17, 15) is 0 Å². The Morgan fingerprint density at radius 3 is 3.00 bits per heavy atom. The second kappa shape index (κ2) is 4.39. The third-order valence-corrected chi connectivity index (χ3v) is 3.15. The van der Waals surface area contributed by atoms with Crippen molar-refractivity contribution in [2.24, 2.45) is 10.4 Å². The van der Waals surface area contributed by atoms with Crippen LogP contribution in [0.25, 0.3) is 0 Å². The van der Waals surface area contributed by atoms with E-state index in [2.05, 4.69) is 34.4 Å². The van der Waals surface area contributed by atoms with Gasteiger partial charge in [0.05, 0.1) is 6.54 Å². The fourth-order valence-electron chi connectivity index (χ4n) is 2.26. The summed E-state index contributed by atoms with van der Waals surface area (Å²) in [5.74, 6) is 0.980. The van der Waals surface area contributed by atoms with Gasteiger partial charge >= 0.3 is 0 Å². The SMILES string of the molecule is CC1(C)CCN(CCNC2=NCCN2)C1. The Kier molecular flexibility index (Phi) is 3.14. The maximum absolute atomic E-state index is 4.30. The van der Waals surface area contributed by atoms with E-state index in [1.54, 1.807) is 0 Å². The molecule has 0 aromatic rings. The molecular weight excluding hydrogens is 188 g/mol. The lowest BCUT2D eigenvalue weighted by atomic mass is 9.93. The first kappa shape index (κ1) is 10.7. The monoisotopic (exact) mass is 210 g/mol. The highest BCUT2D eigenvalue weighted by molar-refractivity contribution is 5.81. The Labute approximate surface area is 92.1 Å². The summed E-state index contributed by atoms with van der Waals surface area (Å²) < 4.78 is 0. The van der Waals surface area contributed by atoms with Crippen LogP contribution in [-0.2, 0) is 0 Å². The molecule has 0 aromatic carbocycles. The van der Waals surface area contributed by atoms with Gasteiger partial charge in [0.2, 0.25) is 0 Å². The highest BCUT2D eigenvalue weighted by atomic mass is 15.2. The van der Waals surface area contributed by atoms with E-state index in [1.807, 2.05) is 0 Å². The van der Waals surface area contributed by atoms with Crippen LogP contribution >= 0.6 is 0 Å². The Hall–Kier alpha value is -0.770. The highest BCUT2D eigenvalue weighted by Crippen LogP contribution is 2.28. The van der Waals surface area contributed by atoms with Gasteiger partial charge in [-0.05, 0) is 18.4 Å². The van der Waals surface area contributed by atoms with Crippen molar-refractivity contribution >= 4 is 5.96 Å². The molecule has 2 N–H and O–H groups in total.